The largest absolute Gasteiger partial charge is 0.355 e. The first-order chi connectivity index (χ1) is 10.2. The summed E-state index contributed by atoms with van der Waals surface area (Å²) in [5.74, 6) is -0.182. The van der Waals surface area contributed by atoms with Gasteiger partial charge in [0.1, 0.15) is 0 Å². The fourth-order valence-corrected chi connectivity index (χ4v) is 2.33. The van der Waals surface area contributed by atoms with E-state index >= 15 is 0 Å². The number of nitro groups is 1. The number of nitrogens with one attached hydrogen (secondary N) is 2. The molecule has 0 saturated heterocycles. The van der Waals surface area contributed by atoms with Gasteiger partial charge in [0.25, 0.3) is 5.69 Å². The summed E-state index contributed by atoms with van der Waals surface area (Å²) in [6.45, 7) is 2.45. The van der Waals surface area contributed by atoms with Crippen molar-refractivity contribution in [2.45, 2.75) is 19.3 Å². The van der Waals surface area contributed by atoms with E-state index in [1.54, 1.807) is 18.2 Å². The molecule has 0 atom stereocenters. The second-order valence-corrected chi connectivity index (χ2v) is 4.98. The Morgan fingerprint density at radius 3 is 2.90 bits per heavy atom. The van der Waals surface area contributed by atoms with Crippen LogP contribution in [-0.4, -0.2) is 30.5 Å². The highest BCUT2D eigenvalue weighted by Gasteiger charge is 2.15. The van der Waals surface area contributed by atoms with E-state index in [9.17, 15) is 14.9 Å². The molecule has 1 aliphatic heterocycles. The number of hydrogen-bond donors (Lipinski definition) is 2. The Morgan fingerprint density at radius 2 is 2.19 bits per heavy atom. The molecule has 0 fully saturated rings. The molecule has 0 bridgehead atoms. The molecule has 0 spiro atoms. The lowest BCUT2D eigenvalue weighted by atomic mass is 10.1. The first kappa shape index (κ1) is 15.2. The smallest absolute Gasteiger partial charge is 0.273 e. The van der Waals surface area contributed by atoms with Crippen molar-refractivity contribution in [1.82, 2.24) is 10.6 Å². The number of amides is 1. The van der Waals surface area contributed by atoms with Gasteiger partial charge in [0.15, 0.2) is 0 Å². The van der Waals surface area contributed by atoms with Gasteiger partial charge in [-0.15, -0.1) is 0 Å². The van der Waals surface area contributed by atoms with Crippen molar-refractivity contribution in [3.63, 3.8) is 0 Å². The molecular weight excluding hydrogens is 270 g/mol. The summed E-state index contributed by atoms with van der Waals surface area (Å²) >= 11 is 0. The summed E-state index contributed by atoms with van der Waals surface area (Å²) in [5.41, 5.74) is 1.79. The number of nitrogens with zero attached hydrogens (tertiary/aromatic N) is 1. The van der Waals surface area contributed by atoms with Gasteiger partial charge in [-0.3, -0.25) is 14.9 Å². The van der Waals surface area contributed by atoms with Gasteiger partial charge in [-0.25, -0.2) is 0 Å². The quantitative estimate of drug-likeness (QED) is 0.473. The predicted molar refractivity (Wildman–Crippen MR) is 80.0 cm³/mol. The van der Waals surface area contributed by atoms with E-state index in [2.05, 4.69) is 16.7 Å². The highest BCUT2D eigenvalue weighted by molar-refractivity contribution is 5.79. The van der Waals surface area contributed by atoms with E-state index in [1.165, 1.54) is 11.6 Å². The molecule has 1 aromatic rings. The number of rotatable bonds is 6. The van der Waals surface area contributed by atoms with Crippen molar-refractivity contribution in [2.24, 2.45) is 0 Å². The maximum absolute atomic E-state index is 11.9. The molecule has 1 aromatic carbocycles. The Kier molecular flexibility index (Phi) is 5.45. The van der Waals surface area contributed by atoms with Crippen LogP contribution in [0.4, 0.5) is 5.69 Å². The SMILES string of the molecule is O=C(Cc1ccccc1[N+](=O)[O-])NCCC1=CCNCC1. The second kappa shape index (κ2) is 7.54. The third-order valence-electron chi connectivity index (χ3n) is 3.47. The number of para-hydroxylation sites is 1. The third-order valence-corrected chi connectivity index (χ3v) is 3.47. The maximum Gasteiger partial charge on any atom is 0.273 e. The summed E-state index contributed by atoms with van der Waals surface area (Å²) in [6.07, 6.45) is 4.04. The normalized spacial score (nSPS) is 14.4. The molecule has 0 saturated carbocycles. The monoisotopic (exact) mass is 289 g/mol. The van der Waals surface area contributed by atoms with Gasteiger partial charge >= 0.3 is 0 Å². The third kappa shape index (κ3) is 4.68. The molecule has 0 unspecified atom stereocenters. The van der Waals surface area contributed by atoms with E-state index in [-0.39, 0.29) is 18.0 Å². The zero-order valence-corrected chi connectivity index (χ0v) is 11.8. The van der Waals surface area contributed by atoms with Crippen LogP contribution in [0.25, 0.3) is 0 Å². The molecule has 6 nitrogen and oxygen atoms in total. The zero-order chi connectivity index (χ0) is 15.1. The molecule has 112 valence electrons. The van der Waals surface area contributed by atoms with E-state index < -0.39 is 4.92 Å². The number of carbonyl (C=O) groups is 1. The molecule has 1 heterocycles. The molecule has 1 aliphatic rings. The number of carbonyl (C=O) groups excluding carboxylic acids is 1. The van der Waals surface area contributed by atoms with Gasteiger partial charge in [-0.05, 0) is 19.4 Å². The summed E-state index contributed by atoms with van der Waals surface area (Å²) in [6, 6.07) is 6.34. The van der Waals surface area contributed by atoms with Crippen LogP contribution in [0.1, 0.15) is 18.4 Å². The van der Waals surface area contributed by atoms with Crippen LogP contribution < -0.4 is 10.6 Å². The average Bonchev–Trinajstić information content (AvgIpc) is 2.48. The predicted octanol–water partition coefficient (Wildman–Crippen LogP) is 1.56. The first-order valence-electron chi connectivity index (χ1n) is 7.04. The molecule has 2 rings (SSSR count). The fraction of sp³-hybridized carbons (Fsp3) is 0.400. The van der Waals surface area contributed by atoms with Crippen LogP contribution in [0, 0.1) is 10.1 Å². The van der Waals surface area contributed by atoms with E-state index in [0.717, 1.165) is 25.9 Å². The number of nitro benzene ring substituents is 1. The molecule has 0 aromatic heterocycles. The van der Waals surface area contributed by atoms with Crippen LogP contribution >= 0.6 is 0 Å². The average molecular weight is 289 g/mol. The summed E-state index contributed by atoms with van der Waals surface area (Å²) in [7, 11) is 0. The Labute approximate surface area is 123 Å². The Morgan fingerprint density at radius 1 is 1.38 bits per heavy atom. The molecule has 6 heteroatoms. The summed E-state index contributed by atoms with van der Waals surface area (Å²) in [5, 5.41) is 16.9. The molecule has 0 radical (unpaired) electrons. The van der Waals surface area contributed by atoms with Crippen LogP contribution in [0.3, 0.4) is 0 Å². The minimum atomic E-state index is -0.456. The molecule has 2 N–H and O–H groups in total. The van der Waals surface area contributed by atoms with Crippen molar-refractivity contribution in [2.75, 3.05) is 19.6 Å². The first-order valence-corrected chi connectivity index (χ1v) is 7.04. The minimum Gasteiger partial charge on any atom is -0.355 e. The standard InChI is InChI=1S/C15H19N3O3/c19-15(17-10-7-12-5-8-16-9-6-12)11-13-3-1-2-4-14(13)18(20)21/h1-5,16H,6-11H2,(H,17,19). The van der Waals surface area contributed by atoms with Crippen LogP contribution in [-0.2, 0) is 11.2 Å². The molecular formula is C15H19N3O3. The lowest BCUT2D eigenvalue weighted by Crippen LogP contribution is -2.28. The van der Waals surface area contributed by atoms with Crippen molar-refractivity contribution in [3.8, 4) is 0 Å². The van der Waals surface area contributed by atoms with E-state index in [0.29, 0.717) is 12.1 Å². The van der Waals surface area contributed by atoms with Crippen molar-refractivity contribution >= 4 is 11.6 Å². The van der Waals surface area contributed by atoms with E-state index in [4.69, 9.17) is 0 Å². The van der Waals surface area contributed by atoms with Gasteiger partial charge < -0.3 is 10.6 Å². The van der Waals surface area contributed by atoms with Crippen LogP contribution in [0.2, 0.25) is 0 Å². The molecule has 21 heavy (non-hydrogen) atoms. The van der Waals surface area contributed by atoms with Gasteiger partial charge in [-0.2, -0.15) is 0 Å². The lowest BCUT2D eigenvalue weighted by Gasteiger charge is -2.14. The van der Waals surface area contributed by atoms with Gasteiger partial charge in [-0.1, -0.05) is 29.8 Å². The van der Waals surface area contributed by atoms with Crippen molar-refractivity contribution in [3.05, 3.63) is 51.6 Å². The van der Waals surface area contributed by atoms with Gasteiger partial charge in [0.2, 0.25) is 5.91 Å². The van der Waals surface area contributed by atoms with Crippen LogP contribution in [0.15, 0.2) is 35.9 Å². The topological polar surface area (TPSA) is 84.3 Å². The van der Waals surface area contributed by atoms with Gasteiger partial charge in [0, 0.05) is 24.7 Å². The lowest BCUT2D eigenvalue weighted by molar-refractivity contribution is -0.385. The molecule has 1 amide bonds. The Bertz CT molecular complexity index is 555. The second-order valence-electron chi connectivity index (χ2n) is 4.98. The fourth-order valence-electron chi connectivity index (χ4n) is 2.33. The highest BCUT2D eigenvalue weighted by Crippen LogP contribution is 2.18. The summed E-state index contributed by atoms with van der Waals surface area (Å²) in [4.78, 5) is 22.3. The van der Waals surface area contributed by atoms with Crippen molar-refractivity contribution < 1.29 is 9.72 Å². The van der Waals surface area contributed by atoms with E-state index in [1.807, 2.05) is 0 Å². The Balaban J connectivity index is 1.82. The number of benzene rings is 1. The highest BCUT2D eigenvalue weighted by atomic mass is 16.6. The number of hydrogen-bond acceptors (Lipinski definition) is 4. The van der Waals surface area contributed by atoms with Gasteiger partial charge in [0.05, 0.1) is 11.3 Å². The van der Waals surface area contributed by atoms with Crippen LogP contribution in [0.5, 0.6) is 0 Å². The van der Waals surface area contributed by atoms with Crippen molar-refractivity contribution in [1.29, 1.82) is 0 Å². The zero-order valence-electron chi connectivity index (χ0n) is 11.8. The maximum atomic E-state index is 11.9. The minimum absolute atomic E-state index is 0.00582. The Hall–Kier alpha value is -2.21. The summed E-state index contributed by atoms with van der Waals surface area (Å²) < 4.78 is 0. The molecule has 0 aliphatic carbocycles.